The Morgan fingerprint density at radius 1 is 0.943 bits per heavy atom. The molecule has 3 aromatic rings. The lowest BCUT2D eigenvalue weighted by atomic mass is 10.1. The van der Waals surface area contributed by atoms with Gasteiger partial charge < -0.3 is 24.8 Å². The van der Waals surface area contributed by atoms with Gasteiger partial charge in [0.15, 0.2) is 11.5 Å². The molecule has 9 heteroatoms. The zero-order chi connectivity index (χ0) is 25.4. The third-order valence-corrected chi connectivity index (χ3v) is 6.41. The van der Waals surface area contributed by atoms with Crippen molar-refractivity contribution in [1.29, 1.82) is 0 Å². The molecule has 0 aliphatic heterocycles. The van der Waals surface area contributed by atoms with Crippen LogP contribution in [0, 0.1) is 6.92 Å². The highest BCUT2D eigenvalue weighted by Crippen LogP contribution is 2.35. The number of methoxy groups -OCH3 is 2. The van der Waals surface area contributed by atoms with E-state index in [1.165, 1.54) is 0 Å². The van der Waals surface area contributed by atoms with Gasteiger partial charge >= 0.3 is 5.97 Å². The maximum Gasteiger partial charge on any atom is 0.341 e. The molecule has 35 heavy (non-hydrogen) atoms. The number of amides is 2. The largest absolute Gasteiger partial charge is 0.493 e. The summed E-state index contributed by atoms with van der Waals surface area (Å²) >= 11 is 1.05. The first-order chi connectivity index (χ1) is 16.9. The lowest BCUT2D eigenvalue weighted by Gasteiger charge is -2.10. The smallest absolute Gasteiger partial charge is 0.341 e. The van der Waals surface area contributed by atoms with Crippen LogP contribution in [0.3, 0.4) is 0 Å². The Balaban J connectivity index is 1.78. The molecule has 0 fully saturated rings. The summed E-state index contributed by atoms with van der Waals surface area (Å²) in [6, 6.07) is 14.5. The van der Waals surface area contributed by atoms with E-state index in [1.807, 2.05) is 30.3 Å². The lowest BCUT2D eigenvalue weighted by Crippen LogP contribution is -2.15. The van der Waals surface area contributed by atoms with Crippen molar-refractivity contribution in [3.63, 3.8) is 0 Å². The lowest BCUT2D eigenvalue weighted by molar-refractivity contribution is -0.116. The number of anilines is 2. The maximum absolute atomic E-state index is 12.9. The summed E-state index contributed by atoms with van der Waals surface area (Å²) < 4.78 is 15.7. The Bertz CT molecular complexity index is 1210. The zero-order valence-corrected chi connectivity index (χ0v) is 20.9. The summed E-state index contributed by atoms with van der Waals surface area (Å²) in [6.07, 6.45) is 0.618. The highest BCUT2D eigenvalue weighted by molar-refractivity contribution is 7.18. The van der Waals surface area contributed by atoms with Gasteiger partial charge in [0.2, 0.25) is 5.91 Å². The molecule has 0 aliphatic carbocycles. The average molecular weight is 497 g/mol. The van der Waals surface area contributed by atoms with Crippen molar-refractivity contribution in [3.8, 4) is 11.5 Å². The number of hydrogen-bond acceptors (Lipinski definition) is 7. The van der Waals surface area contributed by atoms with Crippen LogP contribution in [0.25, 0.3) is 0 Å². The third kappa shape index (κ3) is 6.39. The second-order valence-corrected chi connectivity index (χ2v) is 8.56. The predicted octanol–water partition coefficient (Wildman–Crippen LogP) is 5.07. The Hall–Kier alpha value is -3.85. The Labute approximate surface area is 208 Å². The first-order valence-electron chi connectivity index (χ1n) is 11.1. The standard InChI is InChI=1S/C26H28N2O6S/c1-5-34-26(31)22-16(2)23(24(30)27-18-9-7-6-8-10-18)35-25(22)28-21(29)14-12-17-11-13-19(32-3)20(15-17)33-4/h6-11,13,15H,5,12,14H2,1-4H3,(H,27,30)(H,28,29). The molecule has 0 spiro atoms. The second kappa shape index (κ2) is 12.0. The molecular weight excluding hydrogens is 468 g/mol. The molecular formula is C26H28N2O6S. The minimum absolute atomic E-state index is 0.167. The van der Waals surface area contributed by atoms with Gasteiger partial charge in [-0.15, -0.1) is 11.3 Å². The molecule has 2 aromatic carbocycles. The normalized spacial score (nSPS) is 10.4. The maximum atomic E-state index is 12.9. The van der Waals surface area contributed by atoms with Crippen LogP contribution in [0.5, 0.6) is 11.5 Å². The number of thiophene rings is 1. The number of carbonyl (C=O) groups excluding carboxylic acids is 3. The van der Waals surface area contributed by atoms with Crippen molar-refractivity contribution >= 4 is 39.8 Å². The van der Waals surface area contributed by atoms with Crippen molar-refractivity contribution in [2.24, 2.45) is 0 Å². The molecule has 0 saturated carbocycles. The number of benzene rings is 2. The van der Waals surface area contributed by atoms with Gasteiger partial charge in [0.05, 0.1) is 31.3 Å². The van der Waals surface area contributed by atoms with Gasteiger partial charge in [0.25, 0.3) is 5.91 Å². The number of nitrogens with one attached hydrogen (secondary N) is 2. The van der Waals surface area contributed by atoms with E-state index >= 15 is 0 Å². The summed E-state index contributed by atoms with van der Waals surface area (Å²) in [6.45, 7) is 3.54. The van der Waals surface area contributed by atoms with Gasteiger partial charge in [-0.2, -0.15) is 0 Å². The third-order valence-electron chi connectivity index (χ3n) is 5.21. The van der Waals surface area contributed by atoms with Crippen LogP contribution in [0.4, 0.5) is 10.7 Å². The van der Waals surface area contributed by atoms with Gasteiger partial charge in [-0.1, -0.05) is 24.3 Å². The Morgan fingerprint density at radius 3 is 2.31 bits per heavy atom. The van der Waals surface area contributed by atoms with Gasteiger partial charge in [-0.05, 0) is 55.7 Å². The van der Waals surface area contributed by atoms with Crippen molar-refractivity contribution in [2.45, 2.75) is 26.7 Å². The molecule has 0 radical (unpaired) electrons. The number of hydrogen-bond donors (Lipinski definition) is 2. The van der Waals surface area contributed by atoms with E-state index in [4.69, 9.17) is 14.2 Å². The second-order valence-electron chi connectivity index (χ2n) is 7.54. The SMILES string of the molecule is CCOC(=O)c1c(NC(=O)CCc2ccc(OC)c(OC)c2)sc(C(=O)Nc2ccccc2)c1C. The zero-order valence-electron chi connectivity index (χ0n) is 20.1. The number of aryl methyl sites for hydroxylation is 1. The van der Waals surface area contributed by atoms with E-state index in [-0.39, 0.29) is 35.4 Å². The number of rotatable bonds is 10. The van der Waals surface area contributed by atoms with E-state index in [1.54, 1.807) is 46.3 Å². The molecule has 0 unspecified atom stereocenters. The molecule has 1 heterocycles. The topological polar surface area (TPSA) is 103 Å². The van der Waals surface area contributed by atoms with Crippen LogP contribution >= 0.6 is 11.3 Å². The van der Waals surface area contributed by atoms with E-state index in [0.29, 0.717) is 34.0 Å². The molecule has 0 aliphatic rings. The van der Waals surface area contributed by atoms with Crippen LogP contribution in [0.1, 0.15) is 44.5 Å². The van der Waals surface area contributed by atoms with Crippen molar-refractivity contribution in [2.75, 3.05) is 31.5 Å². The van der Waals surface area contributed by atoms with Crippen LogP contribution in [-0.4, -0.2) is 38.6 Å². The number of carbonyl (C=O) groups is 3. The van der Waals surface area contributed by atoms with Gasteiger partial charge in [-0.25, -0.2) is 4.79 Å². The van der Waals surface area contributed by atoms with Crippen LogP contribution in [-0.2, 0) is 16.0 Å². The highest BCUT2D eigenvalue weighted by Gasteiger charge is 2.26. The average Bonchev–Trinajstić information content (AvgIpc) is 3.18. The molecule has 0 saturated heterocycles. The quantitative estimate of drug-likeness (QED) is 0.380. The Kier molecular flexibility index (Phi) is 8.86. The molecule has 184 valence electrons. The molecule has 2 amide bonds. The molecule has 2 N–H and O–H groups in total. The number of esters is 1. The first kappa shape index (κ1) is 25.8. The van der Waals surface area contributed by atoms with Gasteiger partial charge in [0.1, 0.15) is 5.00 Å². The van der Waals surface area contributed by atoms with Crippen molar-refractivity contribution in [1.82, 2.24) is 0 Å². The summed E-state index contributed by atoms with van der Waals surface area (Å²) in [5.74, 6) is -0.0556. The van der Waals surface area contributed by atoms with E-state index in [0.717, 1.165) is 16.9 Å². The highest BCUT2D eigenvalue weighted by atomic mass is 32.1. The molecule has 0 atom stereocenters. The fourth-order valence-corrected chi connectivity index (χ4v) is 4.57. The number of para-hydroxylation sites is 1. The van der Waals surface area contributed by atoms with E-state index < -0.39 is 5.97 Å². The predicted molar refractivity (Wildman–Crippen MR) is 136 cm³/mol. The molecule has 0 bridgehead atoms. The summed E-state index contributed by atoms with van der Waals surface area (Å²) in [5, 5.41) is 5.90. The number of ether oxygens (including phenoxy) is 3. The summed E-state index contributed by atoms with van der Waals surface area (Å²) in [7, 11) is 3.11. The minimum atomic E-state index is -0.588. The monoisotopic (exact) mass is 496 g/mol. The van der Waals surface area contributed by atoms with Crippen LogP contribution in [0.2, 0.25) is 0 Å². The molecule has 8 nitrogen and oxygen atoms in total. The summed E-state index contributed by atoms with van der Waals surface area (Å²) in [4.78, 5) is 38.6. The van der Waals surface area contributed by atoms with E-state index in [9.17, 15) is 14.4 Å². The molecule has 1 aromatic heterocycles. The van der Waals surface area contributed by atoms with Crippen molar-refractivity contribution < 1.29 is 28.6 Å². The molecule has 3 rings (SSSR count). The fourth-order valence-electron chi connectivity index (χ4n) is 3.46. The fraction of sp³-hybridized carbons (Fsp3) is 0.269. The van der Waals surface area contributed by atoms with Crippen LogP contribution < -0.4 is 20.1 Å². The first-order valence-corrected chi connectivity index (χ1v) is 11.9. The summed E-state index contributed by atoms with van der Waals surface area (Å²) in [5.41, 5.74) is 2.17. The minimum Gasteiger partial charge on any atom is -0.493 e. The van der Waals surface area contributed by atoms with Gasteiger partial charge in [-0.3, -0.25) is 9.59 Å². The van der Waals surface area contributed by atoms with Gasteiger partial charge in [0, 0.05) is 12.1 Å². The van der Waals surface area contributed by atoms with Crippen LogP contribution in [0.15, 0.2) is 48.5 Å². The Morgan fingerprint density at radius 2 is 1.66 bits per heavy atom. The van der Waals surface area contributed by atoms with E-state index in [2.05, 4.69) is 10.6 Å². The van der Waals surface area contributed by atoms with Crippen molar-refractivity contribution in [3.05, 3.63) is 70.1 Å².